The van der Waals surface area contributed by atoms with Crippen molar-refractivity contribution in [1.29, 1.82) is 0 Å². The normalized spacial score (nSPS) is 32.6. The average Bonchev–Trinajstić information content (AvgIpc) is 3.04. The van der Waals surface area contributed by atoms with Crippen LogP contribution in [0.5, 0.6) is 0 Å². The smallest absolute Gasteiger partial charge is 0.217 e. The van der Waals surface area contributed by atoms with Gasteiger partial charge in [-0.1, -0.05) is 0 Å². The predicted octanol–water partition coefficient (Wildman–Crippen LogP) is -1.76. The molecule has 0 aromatic heterocycles. The van der Waals surface area contributed by atoms with Gasteiger partial charge in [-0.15, -0.1) is 0 Å². The predicted molar refractivity (Wildman–Crippen MR) is 91.8 cm³/mol. The van der Waals surface area contributed by atoms with Crippen LogP contribution < -0.4 is 5.32 Å². The average molecular weight is 392 g/mol. The zero-order valence-corrected chi connectivity index (χ0v) is 15.6. The second-order valence-electron chi connectivity index (χ2n) is 6.41. The minimum absolute atomic E-state index is 0.0385. The molecule has 1 radical (unpaired) electrons. The minimum Gasteiger partial charge on any atom is -0.388 e. The Morgan fingerprint density at radius 3 is 2.30 bits per heavy atom. The van der Waals surface area contributed by atoms with Crippen LogP contribution in [0.25, 0.3) is 0 Å². The number of aliphatic hydroxyl groups is 2. The molecule has 10 heteroatoms. The van der Waals surface area contributed by atoms with E-state index in [0.717, 1.165) is 0 Å². The molecule has 5 atom stereocenters. The molecule has 0 spiro atoms. The van der Waals surface area contributed by atoms with E-state index < -0.39 is 30.1 Å². The van der Waals surface area contributed by atoms with E-state index in [9.17, 15) is 15.0 Å². The Labute approximate surface area is 159 Å². The van der Waals surface area contributed by atoms with E-state index in [0.29, 0.717) is 46.2 Å². The molecule has 3 N–H and O–H groups in total. The van der Waals surface area contributed by atoms with Gasteiger partial charge in [0.1, 0.15) is 23.9 Å². The first-order chi connectivity index (χ1) is 13.0. The molecule has 2 fully saturated rings. The van der Waals surface area contributed by atoms with Gasteiger partial charge in [0.15, 0.2) is 6.29 Å². The SMILES string of the molecule is [CH2]COCCOCCOCCOC[C@@]12CO[C@@H](O1)[C@H](NC(C)=O)[C@@H](O)[C@H]2O. The second kappa shape index (κ2) is 11.2. The zero-order chi connectivity index (χ0) is 19.7. The monoisotopic (exact) mass is 392 g/mol. The van der Waals surface area contributed by atoms with Crippen molar-refractivity contribution < 1.29 is 43.4 Å². The molecule has 2 aliphatic heterocycles. The lowest BCUT2D eigenvalue weighted by Gasteiger charge is -2.42. The Bertz CT molecular complexity index is 452. The molecular weight excluding hydrogens is 362 g/mol. The number of amides is 1. The van der Waals surface area contributed by atoms with Crippen LogP contribution in [-0.4, -0.2) is 106 Å². The first-order valence-corrected chi connectivity index (χ1v) is 9.03. The van der Waals surface area contributed by atoms with E-state index in [1.165, 1.54) is 6.92 Å². The van der Waals surface area contributed by atoms with Gasteiger partial charge in [-0.05, 0) is 6.92 Å². The quantitative estimate of drug-likeness (QED) is 0.313. The van der Waals surface area contributed by atoms with Crippen LogP contribution in [0.1, 0.15) is 6.92 Å². The van der Waals surface area contributed by atoms with Crippen LogP contribution in [0, 0.1) is 6.92 Å². The summed E-state index contributed by atoms with van der Waals surface area (Å²) < 4.78 is 32.5. The molecular formula is C17H30NO9. The molecule has 0 aromatic rings. The molecule has 157 valence electrons. The first kappa shape index (κ1) is 22.4. The number of carbonyl (C=O) groups excluding carboxylic acids is 1. The van der Waals surface area contributed by atoms with E-state index in [1.54, 1.807) is 0 Å². The highest BCUT2D eigenvalue weighted by Crippen LogP contribution is 2.37. The Kier molecular flexibility index (Phi) is 9.33. The lowest BCUT2D eigenvalue weighted by atomic mass is 9.88. The minimum atomic E-state index is -1.25. The molecule has 0 aromatic carbocycles. The Balaban J connectivity index is 1.60. The number of aliphatic hydroxyl groups excluding tert-OH is 2. The van der Waals surface area contributed by atoms with E-state index in [1.807, 2.05) is 0 Å². The van der Waals surface area contributed by atoms with Crippen LogP contribution in [0.4, 0.5) is 0 Å². The highest BCUT2D eigenvalue weighted by molar-refractivity contribution is 5.73. The van der Waals surface area contributed by atoms with Crippen LogP contribution in [0.15, 0.2) is 0 Å². The molecule has 0 unspecified atom stereocenters. The van der Waals surface area contributed by atoms with Crippen LogP contribution in [0.3, 0.4) is 0 Å². The third-order valence-electron chi connectivity index (χ3n) is 4.34. The maximum atomic E-state index is 11.2. The first-order valence-electron chi connectivity index (χ1n) is 9.03. The summed E-state index contributed by atoms with van der Waals surface area (Å²) in [5.41, 5.74) is -1.16. The molecule has 2 rings (SSSR count). The third-order valence-corrected chi connectivity index (χ3v) is 4.34. The molecule has 0 saturated carbocycles. The van der Waals surface area contributed by atoms with Crippen molar-refractivity contribution >= 4 is 5.91 Å². The fourth-order valence-corrected chi connectivity index (χ4v) is 2.98. The van der Waals surface area contributed by atoms with Crippen molar-refractivity contribution in [2.24, 2.45) is 0 Å². The summed E-state index contributed by atoms with van der Waals surface area (Å²) in [6.45, 7) is 7.94. The molecule has 2 heterocycles. The van der Waals surface area contributed by atoms with E-state index in [4.69, 9.17) is 28.4 Å². The van der Waals surface area contributed by atoms with Gasteiger partial charge in [-0.2, -0.15) is 0 Å². The number of carbonyl (C=O) groups is 1. The van der Waals surface area contributed by atoms with Gasteiger partial charge in [-0.3, -0.25) is 4.79 Å². The Morgan fingerprint density at radius 2 is 1.70 bits per heavy atom. The summed E-state index contributed by atoms with van der Waals surface area (Å²) in [4.78, 5) is 11.2. The summed E-state index contributed by atoms with van der Waals surface area (Å²) in [6.07, 6.45) is -3.28. The topological polar surface area (TPSA) is 125 Å². The Hall–Kier alpha value is -0.850. The fraction of sp³-hybridized carbons (Fsp3) is 0.882. The van der Waals surface area contributed by atoms with Crippen molar-refractivity contribution in [3.8, 4) is 0 Å². The lowest BCUT2D eigenvalue weighted by molar-refractivity contribution is -0.238. The molecule has 10 nitrogen and oxygen atoms in total. The molecule has 27 heavy (non-hydrogen) atoms. The number of rotatable bonds is 13. The summed E-state index contributed by atoms with van der Waals surface area (Å²) in [5.74, 6) is -0.342. The summed E-state index contributed by atoms with van der Waals surface area (Å²) in [7, 11) is 0. The van der Waals surface area contributed by atoms with Gasteiger partial charge in [0.2, 0.25) is 5.91 Å². The molecule has 2 aliphatic rings. The Morgan fingerprint density at radius 1 is 1.11 bits per heavy atom. The van der Waals surface area contributed by atoms with Gasteiger partial charge in [0.05, 0.1) is 52.9 Å². The summed E-state index contributed by atoms with van der Waals surface area (Å²) in [6, 6.07) is -0.824. The number of fused-ring (bicyclic) bond motifs is 2. The van der Waals surface area contributed by atoms with E-state index >= 15 is 0 Å². The molecule has 2 bridgehead atoms. The van der Waals surface area contributed by atoms with E-state index in [-0.39, 0.29) is 19.1 Å². The van der Waals surface area contributed by atoms with Gasteiger partial charge in [-0.25, -0.2) is 0 Å². The van der Waals surface area contributed by atoms with Crippen molar-refractivity contribution in [3.05, 3.63) is 6.92 Å². The van der Waals surface area contributed by atoms with Gasteiger partial charge in [0, 0.05) is 13.5 Å². The molecule has 1 amide bonds. The van der Waals surface area contributed by atoms with E-state index in [2.05, 4.69) is 12.2 Å². The maximum Gasteiger partial charge on any atom is 0.217 e. The van der Waals surface area contributed by atoms with Crippen LogP contribution in [-0.2, 0) is 33.2 Å². The van der Waals surface area contributed by atoms with Gasteiger partial charge < -0.3 is 44.0 Å². The number of ether oxygens (including phenoxy) is 6. The van der Waals surface area contributed by atoms with Crippen LogP contribution in [0.2, 0.25) is 0 Å². The van der Waals surface area contributed by atoms with Crippen LogP contribution >= 0.6 is 0 Å². The van der Waals surface area contributed by atoms with Crippen molar-refractivity contribution in [3.63, 3.8) is 0 Å². The third kappa shape index (κ3) is 6.33. The number of hydrogen-bond donors (Lipinski definition) is 3. The zero-order valence-electron chi connectivity index (χ0n) is 15.6. The molecule has 0 aliphatic carbocycles. The maximum absolute atomic E-state index is 11.2. The standard InChI is InChI=1S/C17H30NO9/c1-3-22-4-5-23-6-7-24-8-9-25-10-17-11-26-16(27-17)13(18-12(2)19)14(20)15(17)21/h13-16,20-21H,1,3-11H2,2H3,(H,18,19)/t13-,14-,15-,16+,17+/m1/s1. The second-order valence-corrected chi connectivity index (χ2v) is 6.41. The fourth-order valence-electron chi connectivity index (χ4n) is 2.98. The summed E-state index contributed by atoms with van der Waals surface area (Å²) >= 11 is 0. The highest BCUT2D eigenvalue weighted by Gasteiger charge is 2.59. The van der Waals surface area contributed by atoms with Crippen molar-refractivity contribution in [2.75, 3.05) is 59.5 Å². The molecule has 2 saturated heterocycles. The van der Waals surface area contributed by atoms with Crippen molar-refractivity contribution in [2.45, 2.75) is 37.1 Å². The van der Waals surface area contributed by atoms with Gasteiger partial charge >= 0.3 is 0 Å². The van der Waals surface area contributed by atoms with Crippen molar-refractivity contribution in [1.82, 2.24) is 5.32 Å². The number of hydrogen-bond acceptors (Lipinski definition) is 9. The largest absolute Gasteiger partial charge is 0.388 e. The van der Waals surface area contributed by atoms with Gasteiger partial charge in [0.25, 0.3) is 0 Å². The lowest BCUT2D eigenvalue weighted by Crippen LogP contribution is -2.66. The number of nitrogens with one attached hydrogen (secondary N) is 1. The summed E-state index contributed by atoms with van der Waals surface area (Å²) in [5, 5.41) is 23.2. The highest BCUT2D eigenvalue weighted by atomic mass is 16.8.